The summed E-state index contributed by atoms with van der Waals surface area (Å²) >= 11 is 0. The van der Waals surface area contributed by atoms with Crippen LogP contribution in [0, 0.1) is 24.0 Å². The average Bonchev–Trinajstić information content (AvgIpc) is 2.81. The molecule has 1 N–H and O–H groups in total. The van der Waals surface area contributed by atoms with Gasteiger partial charge in [-0.15, -0.1) is 0 Å². The van der Waals surface area contributed by atoms with E-state index in [0.29, 0.717) is 0 Å². The lowest BCUT2D eigenvalue weighted by molar-refractivity contribution is -0.400. The number of para-hydroxylation sites is 1. The van der Waals surface area contributed by atoms with Crippen molar-refractivity contribution in [3.63, 3.8) is 0 Å². The van der Waals surface area contributed by atoms with Crippen LogP contribution in [0.15, 0.2) is 36.5 Å². The molecule has 3 rings (SSSR count). The minimum absolute atomic E-state index is 0.436. The highest BCUT2D eigenvalue weighted by atomic mass is 16.6. The van der Waals surface area contributed by atoms with Crippen LogP contribution in [0.25, 0.3) is 27.9 Å². The molecule has 20 heavy (non-hydrogen) atoms. The number of rotatable bonds is 2. The lowest BCUT2D eigenvalue weighted by atomic mass is 9.98. The van der Waals surface area contributed by atoms with E-state index in [1.165, 1.54) is 0 Å². The van der Waals surface area contributed by atoms with Gasteiger partial charge in [-0.3, -0.25) is 10.1 Å². The summed E-state index contributed by atoms with van der Waals surface area (Å²) in [5.41, 5.74) is 5.22. The fourth-order valence-corrected chi connectivity index (χ4v) is 2.70. The number of hydrogen-bond acceptors (Lipinski definition) is 2. The Morgan fingerprint density at radius 3 is 2.75 bits per heavy atom. The number of nitrogens with one attached hydrogen (secondary N) is 1. The maximum Gasteiger partial charge on any atom is 0.235 e. The number of aromatic amines is 1. The SMILES string of the molecule is Cc1cc(/C=C/[N+](=O)[O-])c(C)c2c1[nH]c1ccccc12. The van der Waals surface area contributed by atoms with Crippen molar-refractivity contribution in [2.24, 2.45) is 0 Å². The van der Waals surface area contributed by atoms with E-state index in [2.05, 4.69) is 11.1 Å². The molecule has 2 aromatic carbocycles. The summed E-state index contributed by atoms with van der Waals surface area (Å²) in [6, 6.07) is 10.1. The number of hydrogen-bond donors (Lipinski definition) is 1. The predicted molar refractivity (Wildman–Crippen MR) is 81.3 cm³/mol. The molecule has 0 aliphatic rings. The minimum atomic E-state index is -0.436. The van der Waals surface area contributed by atoms with Gasteiger partial charge in [-0.05, 0) is 42.7 Å². The summed E-state index contributed by atoms with van der Waals surface area (Å²) in [6.07, 6.45) is 2.55. The van der Waals surface area contributed by atoms with Crippen LogP contribution in [0.4, 0.5) is 0 Å². The summed E-state index contributed by atoms with van der Waals surface area (Å²) in [6.45, 7) is 4.02. The van der Waals surface area contributed by atoms with Crippen molar-refractivity contribution in [2.75, 3.05) is 0 Å². The van der Waals surface area contributed by atoms with Gasteiger partial charge in [0.2, 0.25) is 6.20 Å². The fraction of sp³-hybridized carbons (Fsp3) is 0.125. The molecule has 0 radical (unpaired) electrons. The lowest BCUT2D eigenvalue weighted by Crippen LogP contribution is -1.88. The zero-order valence-corrected chi connectivity index (χ0v) is 11.3. The molecule has 1 aromatic heterocycles. The van der Waals surface area contributed by atoms with Gasteiger partial charge in [-0.25, -0.2) is 0 Å². The number of aromatic nitrogens is 1. The zero-order chi connectivity index (χ0) is 14.3. The highest BCUT2D eigenvalue weighted by Gasteiger charge is 2.11. The van der Waals surface area contributed by atoms with Gasteiger partial charge in [0.15, 0.2) is 0 Å². The van der Waals surface area contributed by atoms with Gasteiger partial charge in [0, 0.05) is 27.9 Å². The lowest BCUT2D eigenvalue weighted by Gasteiger charge is -2.05. The first kappa shape index (κ1) is 12.4. The quantitative estimate of drug-likeness (QED) is 0.558. The smallest absolute Gasteiger partial charge is 0.235 e. The van der Waals surface area contributed by atoms with Crippen LogP contribution in [-0.2, 0) is 0 Å². The fourth-order valence-electron chi connectivity index (χ4n) is 2.70. The minimum Gasteiger partial charge on any atom is -0.354 e. The number of H-pyrrole nitrogens is 1. The van der Waals surface area contributed by atoms with Crippen molar-refractivity contribution < 1.29 is 4.92 Å². The number of nitro groups is 1. The summed E-state index contributed by atoms with van der Waals surface area (Å²) in [7, 11) is 0. The Hall–Kier alpha value is -2.62. The molecule has 1 heterocycles. The van der Waals surface area contributed by atoms with Crippen LogP contribution in [0.1, 0.15) is 16.7 Å². The van der Waals surface area contributed by atoms with Gasteiger partial charge < -0.3 is 4.98 Å². The van der Waals surface area contributed by atoms with Crippen molar-refractivity contribution >= 4 is 27.9 Å². The Labute approximate surface area is 115 Å². The van der Waals surface area contributed by atoms with E-state index in [1.54, 1.807) is 6.08 Å². The predicted octanol–water partition coefficient (Wildman–Crippen LogP) is 4.19. The molecule has 0 fully saturated rings. The molecular formula is C16H14N2O2. The molecule has 4 heteroatoms. The second-order valence-corrected chi connectivity index (χ2v) is 4.93. The van der Waals surface area contributed by atoms with Gasteiger partial charge in [-0.2, -0.15) is 0 Å². The Morgan fingerprint density at radius 1 is 1.25 bits per heavy atom. The van der Waals surface area contributed by atoms with E-state index in [-0.39, 0.29) is 0 Å². The van der Waals surface area contributed by atoms with E-state index >= 15 is 0 Å². The highest BCUT2D eigenvalue weighted by molar-refractivity contribution is 6.10. The molecule has 0 saturated heterocycles. The van der Waals surface area contributed by atoms with E-state index in [1.807, 2.05) is 38.1 Å². The monoisotopic (exact) mass is 266 g/mol. The molecule has 0 aliphatic heterocycles. The van der Waals surface area contributed by atoms with Gasteiger partial charge >= 0.3 is 0 Å². The largest absolute Gasteiger partial charge is 0.354 e. The molecular weight excluding hydrogens is 252 g/mol. The molecule has 100 valence electrons. The maximum absolute atomic E-state index is 10.5. The van der Waals surface area contributed by atoms with Crippen molar-refractivity contribution in [2.45, 2.75) is 13.8 Å². The van der Waals surface area contributed by atoms with Crippen molar-refractivity contribution in [1.29, 1.82) is 0 Å². The van der Waals surface area contributed by atoms with Gasteiger partial charge in [0.05, 0.1) is 4.92 Å². The van der Waals surface area contributed by atoms with Crippen LogP contribution in [0.3, 0.4) is 0 Å². The molecule has 0 unspecified atom stereocenters. The number of nitrogens with zero attached hydrogens (tertiary/aromatic N) is 1. The Morgan fingerprint density at radius 2 is 2.00 bits per heavy atom. The second kappa shape index (κ2) is 4.49. The van der Waals surface area contributed by atoms with Crippen LogP contribution in [0.2, 0.25) is 0 Å². The van der Waals surface area contributed by atoms with Crippen LogP contribution >= 0.6 is 0 Å². The van der Waals surface area contributed by atoms with E-state index in [9.17, 15) is 10.1 Å². The van der Waals surface area contributed by atoms with Gasteiger partial charge in [0.25, 0.3) is 0 Å². The number of aryl methyl sites for hydroxylation is 2. The summed E-state index contributed by atoms with van der Waals surface area (Å²) in [5, 5.41) is 12.8. The molecule has 0 aliphatic carbocycles. The van der Waals surface area contributed by atoms with Gasteiger partial charge in [-0.1, -0.05) is 18.2 Å². The molecule has 0 bridgehead atoms. The Balaban J connectivity index is 2.38. The van der Waals surface area contributed by atoms with Gasteiger partial charge in [0.1, 0.15) is 0 Å². The Kier molecular flexibility index (Phi) is 2.79. The summed E-state index contributed by atoms with van der Waals surface area (Å²) in [5.74, 6) is 0. The molecule has 0 spiro atoms. The van der Waals surface area contributed by atoms with Crippen molar-refractivity contribution in [1.82, 2.24) is 4.98 Å². The molecule has 0 saturated carbocycles. The zero-order valence-electron chi connectivity index (χ0n) is 11.3. The van der Waals surface area contributed by atoms with Crippen molar-refractivity contribution in [3.8, 4) is 0 Å². The maximum atomic E-state index is 10.5. The highest BCUT2D eigenvalue weighted by Crippen LogP contribution is 2.32. The Bertz CT molecular complexity index is 860. The third kappa shape index (κ3) is 1.86. The second-order valence-electron chi connectivity index (χ2n) is 4.93. The van der Waals surface area contributed by atoms with Crippen LogP contribution in [0.5, 0.6) is 0 Å². The summed E-state index contributed by atoms with van der Waals surface area (Å²) in [4.78, 5) is 13.5. The molecule has 0 amide bonds. The first-order valence-corrected chi connectivity index (χ1v) is 6.40. The number of fused-ring (bicyclic) bond motifs is 3. The van der Waals surface area contributed by atoms with Crippen LogP contribution < -0.4 is 0 Å². The van der Waals surface area contributed by atoms with E-state index in [0.717, 1.165) is 44.7 Å². The van der Waals surface area contributed by atoms with E-state index in [4.69, 9.17) is 0 Å². The third-order valence-electron chi connectivity index (χ3n) is 3.66. The molecule has 4 nitrogen and oxygen atoms in total. The average molecular weight is 266 g/mol. The summed E-state index contributed by atoms with van der Waals surface area (Å²) < 4.78 is 0. The topological polar surface area (TPSA) is 58.9 Å². The molecule has 0 atom stereocenters. The third-order valence-corrected chi connectivity index (χ3v) is 3.66. The van der Waals surface area contributed by atoms with Crippen molar-refractivity contribution in [3.05, 3.63) is 63.3 Å². The number of benzene rings is 2. The van der Waals surface area contributed by atoms with Crippen LogP contribution in [-0.4, -0.2) is 9.91 Å². The first-order valence-electron chi connectivity index (χ1n) is 6.40. The molecule has 3 aromatic rings. The normalized spacial score (nSPS) is 11.7. The van der Waals surface area contributed by atoms with E-state index < -0.39 is 4.92 Å². The standard InChI is InChI=1S/C16H14N2O2/c1-10-9-12(7-8-18(19)20)11(2)15-13-5-3-4-6-14(13)17-16(10)15/h3-9,17H,1-2H3/b8-7+. The first-order chi connectivity index (χ1) is 9.58.